The molecular weight excluding hydrogens is 434 g/mol. The third-order valence-corrected chi connectivity index (χ3v) is 5.02. The smallest absolute Gasteiger partial charge is 0.339 e. The molecule has 1 N–H and O–H groups in total. The van der Waals surface area contributed by atoms with Gasteiger partial charge in [-0.25, -0.2) is 4.79 Å². The number of hydrogen-bond donors (Lipinski definition) is 1. The molecule has 1 aliphatic heterocycles. The molecule has 8 heteroatoms. The lowest BCUT2D eigenvalue weighted by molar-refractivity contribution is -0.118. The number of fused-ring (bicyclic) bond motifs is 1. The van der Waals surface area contributed by atoms with Gasteiger partial charge < -0.3 is 14.8 Å². The van der Waals surface area contributed by atoms with Crippen LogP contribution in [0.1, 0.15) is 36.6 Å². The number of rotatable bonds is 6. The molecule has 0 aliphatic carbocycles. The zero-order valence-corrected chi connectivity index (χ0v) is 17.3. The van der Waals surface area contributed by atoms with Crippen molar-refractivity contribution in [1.82, 2.24) is 0 Å². The maximum Gasteiger partial charge on any atom is 0.339 e. The number of halogens is 1. The van der Waals surface area contributed by atoms with E-state index < -0.39 is 18.4 Å². The van der Waals surface area contributed by atoms with Crippen molar-refractivity contribution in [2.45, 2.75) is 0 Å². The predicted molar refractivity (Wildman–Crippen MR) is 117 cm³/mol. The number of anilines is 1. The van der Waals surface area contributed by atoms with Crippen LogP contribution in [-0.2, 0) is 9.53 Å². The van der Waals surface area contributed by atoms with Crippen molar-refractivity contribution in [1.29, 1.82) is 0 Å². The van der Waals surface area contributed by atoms with Crippen molar-refractivity contribution in [3.05, 3.63) is 94.0 Å². The van der Waals surface area contributed by atoms with E-state index in [1.807, 2.05) is 0 Å². The van der Waals surface area contributed by atoms with E-state index in [9.17, 15) is 19.2 Å². The summed E-state index contributed by atoms with van der Waals surface area (Å²) in [6.07, 6.45) is 0. The molecule has 1 heterocycles. The van der Waals surface area contributed by atoms with Gasteiger partial charge in [-0.3, -0.25) is 14.4 Å². The normalized spacial score (nSPS) is 12.2. The SMILES string of the molecule is O=C1COc2ccc(C(=O)COC(=O)c3ccccc3C(=O)c3ccc(Cl)cc3)cc2N1. The van der Waals surface area contributed by atoms with Crippen molar-refractivity contribution in [2.75, 3.05) is 18.5 Å². The minimum Gasteiger partial charge on any atom is -0.482 e. The Labute approximate surface area is 187 Å². The van der Waals surface area contributed by atoms with Gasteiger partial charge in [0, 0.05) is 21.7 Å². The van der Waals surface area contributed by atoms with Crippen molar-refractivity contribution in [2.24, 2.45) is 0 Å². The van der Waals surface area contributed by atoms with Crippen LogP contribution in [0, 0.1) is 0 Å². The summed E-state index contributed by atoms with van der Waals surface area (Å²) in [6.45, 7) is -0.623. The second kappa shape index (κ2) is 9.03. The van der Waals surface area contributed by atoms with Gasteiger partial charge in [0.15, 0.2) is 24.8 Å². The highest BCUT2D eigenvalue weighted by Crippen LogP contribution is 2.28. The van der Waals surface area contributed by atoms with Crippen LogP contribution in [0.3, 0.4) is 0 Å². The van der Waals surface area contributed by atoms with Crippen LogP contribution in [-0.4, -0.2) is 36.7 Å². The van der Waals surface area contributed by atoms with Crippen LogP contribution in [0.5, 0.6) is 5.75 Å². The third kappa shape index (κ3) is 4.53. The van der Waals surface area contributed by atoms with Crippen molar-refractivity contribution < 1.29 is 28.7 Å². The summed E-state index contributed by atoms with van der Waals surface area (Å²) in [7, 11) is 0. The van der Waals surface area contributed by atoms with Gasteiger partial charge in [0.2, 0.25) is 0 Å². The molecule has 0 unspecified atom stereocenters. The fourth-order valence-corrected chi connectivity index (χ4v) is 3.29. The van der Waals surface area contributed by atoms with E-state index in [-0.39, 0.29) is 35.0 Å². The third-order valence-electron chi connectivity index (χ3n) is 4.77. The fraction of sp³-hybridized carbons (Fsp3) is 0.0833. The van der Waals surface area contributed by atoms with Gasteiger partial charge in [-0.2, -0.15) is 0 Å². The Balaban J connectivity index is 1.47. The van der Waals surface area contributed by atoms with Gasteiger partial charge in [-0.05, 0) is 48.5 Å². The first-order valence-corrected chi connectivity index (χ1v) is 9.96. The van der Waals surface area contributed by atoms with Gasteiger partial charge in [-0.1, -0.05) is 29.8 Å². The van der Waals surface area contributed by atoms with E-state index in [1.54, 1.807) is 42.5 Å². The molecule has 32 heavy (non-hydrogen) atoms. The largest absolute Gasteiger partial charge is 0.482 e. The highest BCUT2D eigenvalue weighted by atomic mass is 35.5. The second-order valence-electron chi connectivity index (χ2n) is 6.93. The first kappa shape index (κ1) is 21.3. The zero-order chi connectivity index (χ0) is 22.7. The standard InChI is InChI=1S/C24H16ClNO6/c25-16-8-5-14(6-9-16)23(29)17-3-1-2-4-18(17)24(30)32-12-20(27)15-7-10-21-19(11-15)26-22(28)13-31-21/h1-11H,12-13H2,(H,26,28). The highest BCUT2D eigenvalue weighted by molar-refractivity contribution is 6.30. The van der Waals surface area contributed by atoms with E-state index in [0.717, 1.165) is 0 Å². The van der Waals surface area contributed by atoms with E-state index >= 15 is 0 Å². The Hall–Kier alpha value is -3.97. The van der Waals surface area contributed by atoms with Crippen LogP contribution < -0.4 is 10.1 Å². The molecule has 0 fully saturated rings. The van der Waals surface area contributed by atoms with Gasteiger partial charge >= 0.3 is 5.97 Å². The van der Waals surface area contributed by atoms with Crippen LogP contribution in [0.15, 0.2) is 66.7 Å². The van der Waals surface area contributed by atoms with Gasteiger partial charge in [-0.15, -0.1) is 0 Å². The van der Waals surface area contributed by atoms with Crippen molar-refractivity contribution in [3.63, 3.8) is 0 Å². The van der Waals surface area contributed by atoms with Crippen molar-refractivity contribution in [3.8, 4) is 5.75 Å². The monoisotopic (exact) mass is 449 g/mol. The number of amides is 1. The molecule has 0 atom stereocenters. The Morgan fingerprint density at radius 1 is 0.938 bits per heavy atom. The van der Waals surface area contributed by atoms with Crippen LogP contribution in [0.4, 0.5) is 5.69 Å². The molecule has 1 amide bonds. The van der Waals surface area contributed by atoms with E-state index in [2.05, 4.69) is 5.32 Å². The van der Waals surface area contributed by atoms with Crippen LogP contribution in [0.2, 0.25) is 5.02 Å². The molecule has 3 aromatic carbocycles. The summed E-state index contributed by atoms with van der Waals surface area (Å²) in [5.74, 6) is -1.51. The molecule has 0 aromatic heterocycles. The minimum atomic E-state index is -0.800. The van der Waals surface area contributed by atoms with Gasteiger partial charge in [0.25, 0.3) is 5.91 Å². The number of carbonyl (C=O) groups excluding carboxylic acids is 4. The number of hydrogen-bond acceptors (Lipinski definition) is 6. The molecule has 4 rings (SSSR count). The lowest BCUT2D eigenvalue weighted by Gasteiger charge is -2.18. The molecule has 3 aromatic rings. The van der Waals surface area contributed by atoms with Crippen molar-refractivity contribution >= 4 is 40.7 Å². The highest BCUT2D eigenvalue weighted by Gasteiger charge is 2.21. The Morgan fingerprint density at radius 3 is 2.38 bits per heavy atom. The molecule has 0 spiro atoms. The summed E-state index contributed by atoms with van der Waals surface area (Å²) < 4.78 is 10.4. The molecule has 0 saturated heterocycles. The summed E-state index contributed by atoms with van der Waals surface area (Å²) in [4.78, 5) is 49.5. The quantitative estimate of drug-likeness (QED) is 0.452. The maximum atomic E-state index is 12.8. The van der Waals surface area contributed by atoms with Gasteiger partial charge in [0.1, 0.15) is 5.75 Å². The van der Waals surface area contributed by atoms with E-state index in [1.165, 1.54) is 24.3 Å². The summed E-state index contributed by atoms with van der Waals surface area (Å²) in [5, 5.41) is 3.10. The van der Waals surface area contributed by atoms with E-state index in [4.69, 9.17) is 21.1 Å². The zero-order valence-electron chi connectivity index (χ0n) is 16.6. The maximum absolute atomic E-state index is 12.8. The first-order chi connectivity index (χ1) is 15.4. The number of Topliss-reactive ketones (excluding diaryl/α,β-unsaturated/α-hetero) is 1. The number of esters is 1. The molecular formula is C24H16ClNO6. The predicted octanol–water partition coefficient (Wildman–Crippen LogP) is 3.94. The summed E-state index contributed by atoms with van der Waals surface area (Å²) in [5.41, 5.74) is 1.18. The van der Waals surface area contributed by atoms with Crippen LogP contribution in [0.25, 0.3) is 0 Å². The Kier molecular flexibility index (Phi) is 6.00. The number of ketones is 2. The molecule has 160 valence electrons. The molecule has 0 bridgehead atoms. The number of nitrogens with one attached hydrogen (secondary N) is 1. The molecule has 7 nitrogen and oxygen atoms in total. The van der Waals surface area contributed by atoms with Gasteiger partial charge in [0.05, 0.1) is 11.3 Å². The lowest BCUT2D eigenvalue weighted by atomic mass is 9.98. The Bertz CT molecular complexity index is 1240. The fourth-order valence-electron chi connectivity index (χ4n) is 3.16. The van der Waals surface area contributed by atoms with E-state index in [0.29, 0.717) is 22.0 Å². The number of benzene rings is 3. The first-order valence-electron chi connectivity index (χ1n) is 9.58. The second-order valence-corrected chi connectivity index (χ2v) is 7.37. The number of carbonyl (C=O) groups is 4. The lowest BCUT2D eigenvalue weighted by Crippen LogP contribution is -2.25. The Morgan fingerprint density at radius 2 is 1.62 bits per heavy atom. The molecule has 0 saturated carbocycles. The number of ether oxygens (including phenoxy) is 2. The average Bonchev–Trinajstić information content (AvgIpc) is 2.81. The molecule has 0 radical (unpaired) electrons. The summed E-state index contributed by atoms with van der Waals surface area (Å²) >= 11 is 5.87. The minimum absolute atomic E-state index is 0.0476. The van der Waals surface area contributed by atoms with Crippen LogP contribution >= 0.6 is 11.6 Å². The summed E-state index contributed by atoms with van der Waals surface area (Å²) in [6, 6.07) is 17.0. The average molecular weight is 450 g/mol. The topological polar surface area (TPSA) is 98.8 Å². The molecule has 1 aliphatic rings.